The van der Waals surface area contributed by atoms with E-state index in [1.807, 2.05) is 23.6 Å². The number of fused-ring (bicyclic) bond motifs is 1. The summed E-state index contributed by atoms with van der Waals surface area (Å²) < 4.78 is 16.0. The van der Waals surface area contributed by atoms with Crippen LogP contribution in [0.2, 0.25) is 0 Å². The average Bonchev–Trinajstić information content (AvgIpc) is 3.35. The Kier molecular flexibility index (Phi) is 7.48. The smallest absolute Gasteiger partial charge is 0.229 e. The Morgan fingerprint density at radius 1 is 1.17 bits per heavy atom. The van der Waals surface area contributed by atoms with Gasteiger partial charge in [0.15, 0.2) is 5.78 Å². The highest BCUT2D eigenvalue weighted by molar-refractivity contribution is 7.17. The van der Waals surface area contributed by atoms with Crippen molar-refractivity contribution in [3.63, 3.8) is 0 Å². The van der Waals surface area contributed by atoms with E-state index in [4.69, 9.17) is 4.98 Å². The number of piperazine rings is 1. The molecule has 2 aromatic heterocycles. The van der Waals surface area contributed by atoms with Gasteiger partial charge in [0.1, 0.15) is 11.6 Å². The van der Waals surface area contributed by atoms with Crippen LogP contribution in [0, 0.1) is 11.7 Å². The molecule has 0 radical (unpaired) electrons. The summed E-state index contributed by atoms with van der Waals surface area (Å²) in [6.07, 6.45) is 6.04. The van der Waals surface area contributed by atoms with Gasteiger partial charge in [-0.05, 0) is 74.4 Å². The fourth-order valence-electron chi connectivity index (χ4n) is 5.11. The van der Waals surface area contributed by atoms with Crippen LogP contribution in [-0.2, 0) is 4.79 Å². The molecule has 1 aliphatic carbocycles. The lowest BCUT2D eigenvalue weighted by atomic mass is 9.83. The standard InChI is InChI=1S/C27H33FN6OS/c1-3-21(35)16-18-4-6-19(7-5-18)29-26-25-23(10-15-36-25)31-27(32-26)30-20-8-9-24(22(28)17-20)34-13-11-33(2)12-14-34/h3,8-10,15,17-19H,1,4-7,11-14,16H2,2H3,(H2,29,30,31,32). The van der Waals surface area contributed by atoms with Crippen molar-refractivity contribution in [2.45, 2.75) is 38.1 Å². The van der Waals surface area contributed by atoms with E-state index in [2.05, 4.69) is 39.0 Å². The molecule has 3 aromatic rings. The van der Waals surface area contributed by atoms with Crippen LogP contribution < -0.4 is 15.5 Å². The van der Waals surface area contributed by atoms with E-state index in [-0.39, 0.29) is 11.6 Å². The molecule has 36 heavy (non-hydrogen) atoms. The number of thiophene rings is 1. The number of ketones is 1. The third kappa shape index (κ3) is 5.68. The van der Waals surface area contributed by atoms with Gasteiger partial charge in [0.05, 0.1) is 15.9 Å². The topological polar surface area (TPSA) is 73.4 Å². The lowest BCUT2D eigenvalue weighted by Gasteiger charge is -2.34. The minimum Gasteiger partial charge on any atom is -0.367 e. The molecule has 9 heteroatoms. The van der Waals surface area contributed by atoms with E-state index in [0.29, 0.717) is 35.7 Å². The number of carbonyl (C=O) groups excluding carboxylic acids is 1. The predicted octanol–water partition coefficient (Wildman–Crippen LogP) is 5.44. The number of carbonyl (C=O) groups is 1. The van der Waals surface area contributed by atoms with Gasteiger partial charge in [0.2, 0.25) is 5.95 Å². The number of nitrogens with zero attached hydrogens (tertiary/aromatic N) is 4. The largest absolute Gasteiger partial charge is 0.367 e. The van der Waals surface area contributed by atoms with Crippen LogP contribution in [0.5, 0.6) is 0 Å². The van der Waals surface area contributed by atoms with Crippen LogP contribution in [0.3, 0.4) is 0 Å². The third-order valence-electron chi connectivity index (χ3n) is 7.26. The highest BCUT2D eigenvalue weighted by Crippen LogP contribution is 2.33. The summed E-state index contributed by atoms with van der Waals surface area (Å²) in [6.45, 7) is 7.08. The van der Waals surface area contributed by atoms with Crippen LogP contribution in [0.4, 0.5) is 27.5 Å². The Hall–Kier alpha value is -3.04. The van der Waals surface area contributed by atoms with Gasteiger partial charge >= 0.3 is 0 Å². The Bertz CT molecular complexity index is 1230. The second kappa shape index (κ2) is 10.9. The Morgan fingerprint density at radius 2 is 1.94 bits per heavy atom. The number of hydrogen-bond donors (Lipinski definition) is 2. The number of likely N-dealkylation sites (N-methyl/N-ethyl adjacent to an activating group) is 1. The quantitative estimate of drug-likeness (QED) is 0.393. The molecule has 0 unspecified atom stereocenters. The number of halogens is 1. The van der Waals surface area contributed by atoms with Gasteiger partial charge in [-0.15, -0.1) is 11.3 Å². The first-order valence-electron chi connectivity index (χ1n) is 12.7. The molecular weight excluding hydrogens is 475 g/mol. The molecule has 0 atom stereocenters. The van der Waals surface area contributed by atoms with Crippen molar-refractivity contribution in [3.05, 3.63) is 48.1 Å². The van der Waals surface area contributed by atoms with Gasteiger partial charge in [-0.3, -0.25) is 4.79 Å². The van der Waals surface area contributed by atoms with Gasteiger partial charge in [-0.1, -0.05) is 6.58 Å². The molecule has 1 aliphatic heterocycles. The van der Waals surface area contributed by atoms with Crippen molar-refractivity contribution in [2.24, 2.45) is 5.92 Å². The predicted molar refractivity (Wildman–Crippen MR) is 146 cm³/mol. The van der Waals surface area contributed by atoms with Crippen molar-refractivity contribution in [2.75, 3.05) is 48.8 Å². The fraction of sp³-hybridized carbons (Fsp3) is 0.444. The van der Waals surface area contributed by atoms with Gasteiger partial charge in [-0.25, -0.2) is 9.37 Å². The van der Waals surface area contributed by atoms with Crippen molar-refractivity contribution >= 4 is 50.5 Å². The first-order chi connectivity index (χ1) is 17.5. The lowest BCUT2D eigenvalue weighted by Crippen LogP contribution is -2.44. The molecule has 7 nitrogen and oxygen atoms in total. The Morgan fingerprint density at radius 3 is 2.67 bits per heavy atom. The number of rotatable bonds is 8. The number of aromatic nitrogens is 2. The second-order valence-electron chi connectivity index (χ2n) is 9.85. The first kappa shape index (κ1) is 24.6. The van der Waals surface area contributed by atoms with E-state index in [1.54, 1.807) is 11.3 Å². The van der Waals surface area contributed by atoms with E-state index >= 15 is 0 Å². The molecule has 0 spiro atoms. The Labute approximate surface area is 215 Å². The number of hydrogen-bond acceptors (Lipinski definition) is 8. The van der Waals surface area contributed by atoms with Crippen LogP contribution in [0.25, 0.3) is 10.2 Å². The summed E-state index contributed by atoms with van der Waals surface area (Å²) >= 11 is 1.61. The second-order valence-corrected chi connectivity index (χ2v) is 10.8. The average molecular weight is 509 g/mol. The molecule has 1 saturated heterocycles. The maximum absolute atomic E-state index is 15.0. The number of anilines is 4. The molecule has 190 valence electrons. The minimum atomic E-state index is -0.244. The van der Waals surface area contributed by atoms with Crippen LogP contribution in [0.1, 0.15) is 32.1 Å². The van der Waals surface area contributed by atoms with Crippen molar-refractivity contribution in [1.82, 2.24) is 14.9 Å². The summed E-state index contributed by atoms with van der Waals surface area (Å²) in [5.41, 5.74) is 2.12. The summed E-state index contributed by atoms with van der Waals surface area (Å²) in [6, 6.07) is 7.52. The molecule has 1 aromatic carbocycles. The zero-order chi connectivity index (χ0) is 25.1. The third-order valence-corrected chi connectivity index (χ3v) is 8.17. The van der Waals surface area contributed by atoms with Crippen LogP contribution in [-0.4, -0.2) is 59.9 Å². The number of allylic oxidation sites excluding steroid dienone is 1. The van der Waals surface area contributed by atoms with Gasteiger partial charge in [-0.2, -0.15) is 4.98 Å². The maximum atomic E-state index is 15.0. The molecule has 1 saturated carbocycles. The van der Waals surface area contributed by atoms with Crippen LogP contribution >= 0.6 is 11.3 Å². The maximum Gasteiger partial charge on any atom is 0.229 e. The fourth-order valence-corrected chi connectivity index (χ4v) is 5.89. The zero-order valence-corrected chi connectivity index (χ0v) is 21.5. The minimum absolute atomic E-state index is 0.131. The normalized spacial score (nSPS) is 20.9. The van der Waals surface area contributed by atoms with E-state index in [1.165, 1.54) is 12.1 Å². The molecule has 2 N–H and O–H groups in total. The zero-order valence-electron chi connectivity index (χ0n) is 20.7. The van der Waals surface area contributed by atoms with Gasteiger partial charge in [0, 0.05) is 44.3 Å². The van der Waals surface area contributed by atoms with Crippen molar-refractivity contribution in [3.8, 4) is 0 Å². The summed E-state index contributed by atoms with van der Waals surface area (Å²) in [7, 11) is 2.09. The molecule has 0 amide bonds. The van der Waals surface area contributed by atoms with E-state index < -0.39 is 0 Å². The summed E-state index contributed by atoms with van der Waals surface area (Å²) in [5, 5.41) is 8.84. The molecule has 2 aliphatic rings. The Balaban J connectivity index is 1.28. The molecular formula is C27H33FN6OS. The molecule has 3 heterocycles. The highest BCUT2D eigenvalue weighted by Gasteiger charge is 2.24. The number of benzene rings is 1. The van der Waals surface area contributed by atoms with Crippen molar-refractivity contribution in [1.29, 1.82) is 0 Å². The first-order valence-corrected chi connectivity index (χ1v) is 13.5. The van der Waals surface area contributed by atoms with Gasteiger partial charge in [0.25, 0.3) is 0 Å². The lowest BCUT2D eigenvalue weighted by molar-refractivity contribution is -0.115. The highest BCUT2D eigenvalue weighted by atomic mass is 32.1. The van der Waals surface area contributed by atoms with E-state index in [9.17, 15) is 9.18 Å². The summed E-state index contributed by atoms with van der Waals surface area (Å²) in [4.78, 5) is 25.5. The molecule has 2 fully saturated rings. The van der Waals surface area contributed by atoms with E-state index in [0.717, 1.165) is 67.9 Å². The van der Waals surface area contributed by atoms with Crippen LogP contribution in [0.15, 0.2) is 42.3 Å². The molecule has 5 rings (SSSR count). The van der Waals surface area contributed by atoms with Crippen molar-refractivity contribution < 1.29 is 9.18 Å². The van der Waals surface area contributed by atoms with Gasteiger partial charge < -0.3 is 20.4 Å². The number of nitrogens with one attached hydrogen (secondary N) is 2. The summed E-state index contributed by atoms with van der Waals surface area (Å²) in [5.74, 6) is 1.57. The SMILES string of the molecule is C=CC(=O)CC1CCC(Nc2nc(Nc3ccc(N4CCN(C)CC4)c(F)c3)nc3ccsc23)CC1. The molecule has 0 bridgehead atoms. The monoisotopic (exact) mass is 508 g/mol.